The Bertz CT molecular complexity index is 3700. The van der Waals surface area contributed by atoms with Gasteiger partial charge in [-0.05, 0) is 166 Å². The van der Waals surface area contributed by atoms with Crippen molar-refractivity contribution in [3.63, 3.8) is 0 Å². The quantitative estimate of drug-likeness (QED) is 0.0267. The highest BCUT2D eigenvalue weighted by molar-refractivity contribution is 6.74. The molecular formula is C77H110N2O19Si2. The number of phenolic OH excluding ortho intramolecular Hbond substituents is 1. The number of Topliss-reactive ketones (excluding diaryl/α,β-unsaturated/α-hetero) is 2. The smallest absolute Gasteiger partial charge is 0.407 e. The van der Waals surface area contributed by atoms with Gasteiger partial charge >= 0.3 is 18.0 Å². The Morgan fingerprint density at radius 1 is 0.770 bits per heavy atom. The summed E-state index contributed by atoms with van der Waals surface area (Å²) in [6, 6.07) is 12.4. The lowest BCUT2D eigenvalue weighted by atomic mass is 9.81. The molecule has 4 heterocycles. The first-order valence-corrected chi connectivity index (χ1v) is 41.4. The lowest BCUT2D eigenvalue weighted by molar-refractivity contribution is -0.302. The molecule has 6 aliphatic rings. The molecule has 0 spiro atoms. The SMILES string of the molecule is CO[C@H]1C[C@@H](C)CC(C)C=C(CCOC(=O)NCc2c(O)ccc3c(-c4ccccc4C(=O)O)c4ccc(=O)cc-4oc23)C(=O)C[C@H](O[Si](C)(C)C(C)(C)C)[C@@H](C)C(C(C)=CC2CC[C@@H](O[Si](C)(C)C(C)(C)C)[C@H](OC)C2)OC(=O)[C@@H]2CCCCN2C(=O)C(=O)[C@]2(O)O[C@H]1[C@@H](OC)C[C@H]2C. The van der Waals surface area contributed by atoms with Gasteiger partial charge in [-0.1, -0.05) is 99.6 Å². The fourth-order valence-corrected chi connectivity index (χ4v) is 17.3. The Morgan fingerprint density at radius 3 is 2.07 bits per heavy atom. The van der Waals surface area contributed by atoms with Crippen LogP contribution in [0, 0.1) is 29.6 Å². The number of hydrogen-bond acceptors (Lipinski definition) is 18. The largest absolute Gasteiger partial charge is 0.507 e. The third-order valence-corrected chi connectivity index (χ3v) is 31.3. The van der Waals surface area contributed by atoms with Crippen molar-refractivity contribution in [1.29, 1.82) is 0 Å². The van der Waals surface area contributed by atoms with Crippen LogP contribution in [0.4, 0.5) is 4.79 Å². The summed E-state index contributed by atoms with van der Waals surface area (Å²) in [6.45, 7) is 30.5. The van der Waals surface area contributed by atoms with E-state index in [1.54, 1.807) is 44.4 Å². The number of rotatable bonds is 16. The van der Waals surface area contributed by atoms with E-state index < -0.39 is 101 Å². The van der Waals surface area contributed by atoms with Crippen molar-refractivity contribution in [2.45, 2.75) is 244 Å². The van der Waals surface area contributed by atoms with E-state index >= 15 is 9.59 Å². The van der Waals surface area contributed by atoms with Crippen molar-refractivity contribution in [2.24, 2.45) is 29.6 Å². The Morgan fingerprint density at radius 2 is 1.42 bits per heavy atom. The highest BCUT2D eigenvalue weighted by Gasteiger charge is 2.57. The number of cyclic esters (lactones) is 1. The van der Waals surface area contributed by atoms with Gasteiger partial charge in [0.2, 0.25) is 5.79 Å². The van der Waals surface area contributed by atoms with Crippen LogP contribution in [0.25, 0.3) is 33.4 Å². The predicted octanol–water partition coefficient (Wildman–Crippen LogP) is 13.7. The number of benzene rings is 3. The van der Waals surface area contributed by atoms with Crippen molar-refractivity contribution in [2.75, 3.05) is 34.5 Å². The number of alkyl carbamates (subject to hydrolysis) is 1. The number of carboxylic acid groups (broad SMARTS) is 1. The number of allylic oxidation sites excluding steroid dienone is 2. The fourth-order valence-electron chi connectivity index (χ4n) is 14.5. The Kier molecular flexibility index (Phi) is 25.8. The minimum atomic E-state index is -2.81. The van der Waals surface area contributed by atoms with Gasteiger partial charge < -0.3 is 67.2 Å². The molecule has 2 saturated heterocycles. The number of ether oxygens (including phenoxy) is 6. The molecular weight excluding hydrogens is 1310 g/mol. The van der Waals surface area contributed by atoms with E-state index in [9.17, 15) is 39.3 Å². The summed E-state index contributed by atoms with van der Waals surface area (Å²) in [5, 5.41) is 37.0. The second kappa shape index (κ2) is 32.5. The average Bonchev–Trinajstić information content (AvgIpc) is 0.745. The second-order valence-electron chi connectivity index (χ2n) is 31.6. The molecule has 14 atom stereocenters. The topological polar surface area (TPSA) is 282 Å². The van der Waals surface area contributed by atoms with Crippen LogP contribution in [0.15, 0.2) is 87.1 Å². The number of aromatic carboxylic acids is 1. The van der Waals surface area contributed by atoms with E-state index in [4.69, 9.17) is 41.7 Å². The maximum Gasteiger partial charge on any atom is 0.407 e. The summed E-state index contributed by atoms with van der Waals surface area (Å²) >= 11 is 0. The number of piperidine rings is 1. The van der Waals surface area contributed by atoms with Crippen LogP contribution in [-0.2, 0) is 63.0 Å². The number of carboxylic acids is 1. The Hall–Kier alpha value is -6.42. The molecule has 0 aromatic heterocycles. The molecule has 3 unspecified atom stereocenters. The zero-order valence-electron chi connectivity index (χ0n) is 62.1. The maximum absolute atomic E-state index is 15.7. The number of fused-ring (bicyclic) bond motifs is 5. The molecule has 23 heteroatoms. The normalized spacial score (nSPS) is 28.6. The minimum absolute atomic E-state index is 0.00631. The lowest BCUT2D eigenvalue weighted by Gasteiger charge is -2.47. The second-order valence-corrected chi connectivity index (χ2v) is 41.2. The number of carbonyl (C=O) groups is 6. The molecule has 21 nitrogen and oxygen atoms in total. The van der Waals surface area contributed by atoms with E-state index in [0.29, 0.717) is 65.3 Å². The molecule has 2 bridgehead atoms. The zero-order chi connectivity index (χ0) is 73.7. The number of esters is 1. The monoisotopic (exact) mass is 1420 g/mol. The maximum atomic E-state index is 15.7. The Balaban J connectivity index is 1.17. The van der Waals surface area contributed by atoms with E-state index in [-0.39, 0.29) is 125 Å². The third-order valence-electron chi connectivity index (χ3n) is 22.3. The number of aromatic hydroxyl groups is 1. The molecule has 3 fully saturated rings. The number of nitrogens with one attached hydrogen (secondary N) is 1. The number of carbonyl (C=O) groups excluding carboxylic acids is 5. The molecule has 4 aliphatic heterocycles. The Labute approximate surface area is 592 Å². The first-order chi connectivity index (χ1) is 46.8. The fraction of sp³-hybridized carbons (Fsp3) is 0.623. The van der Waals surface area contributed by atoms with Gasteiger partial charge in [0, 0.05) is 75.1 Å². The van der Waals surface area contributed by atoms with E-state index in [0.717, 1.165) is 12.8 Å². The lowest BCUT2D eigenvalue weighted by Crippen LogP contribution is -2.64. The number of nitrogens with zero attached hydrogens (tertiary/aromatic N) is 1. The van der Waals surface area contributed by atoms with E-state index in [2.05, 4.69) is 79.1 Å². The highest BCUT2D eigenvalue weighted by Crippen LogP contribution is 2.47. The van der Waals surface area contributed by atoms with Crippen LogP contribution < -0.4 is 10.7 Å². The van der Waals surface area contributed by atoms with Gasteiger partial charge in [0.05, 0.1) is 54.8 Å². The molecule has 100 heavy (non-hydrogen) atoms. The molecule has 2 aromatic carbocycles. The number of amides is 2. The molecule has 2 aromatic rings. The summed E-state index contributed by atoms with van der Waals surface area (Å²) in [5.74, 6) is -9.33. The van der Waals surface area contributed by atoms with Gasteiger partial charge in [0.15, 0.2) is 27.8 Å². The van der Waals surface area contributed by atoms with Gasteiger partial charge in [-0.2, -0.15) is 0 Å². The third kappa shape index (κ3) is 18.0. The summed E-state index contributed by atoms with van der Waals surface area (Å²) in [7, 11) is -0.282. The van der Waals surface area contributed by atoms with Gasteiger partial charge in [-0.15, -0.1) is 0 Å². The minimum Gasteiger partial charge on any atom is -0.507 e. The summed E-state index contributed by atoms with van der Waals surface area (Å²) < 4.78 is 58.2. The van der Waals surface area contributed by atoms with E-state index in [1.165, 1.54) is 43.4 Å². The van der Waals surface area contributed by atoms with Crippen LogP contribution in [-0.4, -0.2) is 161 Å². The first-order valence-electron chi connectivity index (χ1n) is 35.6. The average molecular weight is 1420 g/mol. The number of methoxy groups -OCH3 is 3. The van der Waals surface area contributed by atoms with Gasteiger partial charge in [-0.3, -0.25) is 19.2 Å². The number of hydrogen-bond donors (Lipinski definition) is 4. The number of ketones is 2. The van der Waals surface area contributed by atoms with Crippen LogP contribution in [0.2, 0.25) is 36.3 Å². The van der Waals surface area contributed by atoms with Crippen molar-refractivity contribution < 1.29 is 85.8 Å². The van der Waals surface area contributed by atoms with Crippen molar-refractivity contribution in [1.82, 2.24) is 10.2 Å². The van der Waals surface area contributed by atoms with Crippen molar-refractivity contribution in [3.05, 3.63) is 99.2 Å². The van der Waals surface area contributed by atoms with Gasteiger partial charge in [0.25, 0.3) is 11.7 Å². The first kappa shape index (κ1) is 79.3. The standard InChI is InChI=1S/C77H110N2O19Si2/c1-44-35-45(2)37-64(91-13)69-65(92-14)39-47(4)77(89,96-69)70(83)71(84)79-33-22-21-25-57(79)73(87)95-67(46(3)38-49-26-31-60(63(40-49)90-12)97-99(15,16)75(6,7)8)48(5)61(98-100(17,18)76(9,10)11)42-59(82)50(36-44)32-34-93-74(88)78-43-56-58(81)30-29-55-66(52-23-19-20-24-53(52)72(85)86)54-28-27-51(80)41-62(54)94-68(55)56/h19-20,23-24,27-30,36,38,41,44-45,47-49,57,60-61,63-65,67,69,81,89H,21-22,25-26,31-35,37,39-40,42-43H2,1-18H3,(H,78,88)(H,85,86)/t44?,45-,47+,48+,49?,57-,60+,61-,63+,64-,65-,67?,69+,77+/m0/s1. The molecule has 1 saturated carbocycles. The number of aliphatic hydroxyl groups is 1. The molecule has 8 rings (SSSR count). The van der Waals surface area contributed by atoms with Crippen molar-refractivity contribution in [3.8, 4) is 28.2 Å². The van der Waals surface area contributed by atoms with Crippen LogP contribution in [0.1, 0.15) is 163 Å². The highest BCUT2D eigenvalue weighted by atomic mass is 28.4. The van der Waals surface area contributed by atoms with Crippen LogP contribution in [0.3, 0.4) is 0 Å². The molecule has 0 radical (unpaired) electrons. The zero-order valence-corrected chi connectivity index (χ0v) is 64.1. The van der Waals surface area contributed by atoms with Gasteiger partial charge in [0.1, 0.15) is 35.3 Å². The number of phenols is 1. The van der Waals surface area contributed by atoms with Crippen LogP contribution >= 0.6 is 0 Å². The molecule has 2 aliphatic carbocycles. The van der Waals surface area contributed by atoms with Crippen molar-refractivity contribution >= 4 is 63.1 Å². The summed E-state index contributed by atoms with van der Waals surface area (Å²) in [4.78, 5) is 101. The predicted molar refractivity (Wildman–Crippen MR) is 386 cm³/mol. The summed E-state index contributed by atoms with van der Waals surface area (Å²) in [6.07, 6.45) is 2.50. The van der Waals surface area contributed by atoms with E-state index in [1.807, 2.05) is 33.8 Å². The summed E-state index contributed by atoms with van der Waals surface area (Å²) in [5.41, 5.74) is 2.12. The molecule has 2 amide bonds. The molecule has 4 N–H and O–H groups in total. The molecule has 550 valence electrons. The van der Waals surface area contributed by atoms with Gasteiger partial charge in [-0.25, -0.2) is 14.4 Å². The van der Waals surface area contributed by atoms with Crippen LogP contribution in [0.5, 0.6) is 5.75 Å².